The van der Waals surface area contributed by atoms with E-state index in [1.165, 1.54) is 23.9 Å². The molecule has 9 nitrogen and oxygen atoms in total. The molecule has 1 aliphatic carbocycles. The first-order chi connectivity index (χ1) is 15.0. The lowest BCUT2D eigenvalue weighted by molar-refractivity contribution is -0.205. The number of carboxylic acid groups (broad SMARTS) is 1. The summed E-state index contributed by atoms with van der Waals surface area (Å²) in [6, 6.07) is 5.84. The number of benzene rings is 1. The van der Waals surface area contributed by atoms with Crippen LogP contribution in [-0.2, 0) is 4.74 Å². The van der Waals surface area contributed by atoms with Crippen LogP contribution in [0.3, 0.4) is 0 Å². The fraction of sp³-hybridized carbons (Fsp3) is 0.636. The Morgan fingerprint density at radius 3 is 2.41 bits per heavy atom. The number of rotatable bonds is 6. The van der Waals surface area contributed by atoms with E-state index < -0.39 is 48.3 Å². The van der Waals surface area contributed by atoms with Gasteiger partial charge in [0.15, 0.2) is 0 Å². The quantitative estimate of drug-likeness (QED) is 0.351. The number of thioether (sulfide) groups is 1. The third-order valence-corrected chi connectivity index (χ3v) is 8.21. The maximum absolute atomic E-state index is 12.8. The van der Waals surface area contributed by atoms with Gasteiger partial charge < -0.3 is 35.6 Å². The van der Waals surface area contributed by atoms with Gasteiger partial charge in [-0.15, -0.1) is 11.8 Å². The van der Waals surface area contributed by atoms with Gasteiger partial charge in [-0.2, -0.15) is 0 Å². The van der Waals surface area contributed by atoms with Crippen molar-refractivity contribution in [2.24, 2.45) is 5.41 Å². The molecule has 178 valence electrons. The molecule has 3 rings (SSSR count). The Bertz CT molecular complexity index is 832. The minimum absolute atomic E-state index is 0.0617. The van der Waals surface area contributed by atoms with Gasteiger partial charge in [0, 0.05) is 11.3 Å². The van der Waals surface area contributed by atoms with Crippen molar-refractivity contribution in [1.29, 1.82) is 0 Å². The van der Waals surface area contributed by atoms with Crippen molar-refractivity contribution in [1.82, 2.24) is 5.32 Å². The molecule has 0 spiro atoms. The van der Waals surface area contributed by atoms with Gasteiger partial charge in [0.05, 0.1) is 17.7 Å². The molecular formula is C22H31NO8S. The van der Waals surface area contributed by atoms with Gasteiger partial charge in [-0.05, 0) is 36.8 Å². The van der Waals surface area contributed by atoms with Crippen LogP contribution in [0.15, 0.2) is 24.3 Å². The molecule has 6 N–H and O–H groups in total. The molecule has 2 unspecified atom stereocenters. The molecule has 32 heavy (non-hydrogen) atoms. The summed E-state index contributed by atoms with van der Waals surface area (Å²) in [6.45, 7) is 3.66. The highest BCUT2D eigenvalue weighted by Crippen LogP contribution is 2.46. The molecular weight excluding hydrogens is 438 g/mol. The summed E-state index contributed by atoms with van der Waals surface area (Å²) in [5.74, 6) is -1.62. The van der Waals surface area contributed by atoms with Crippen LogP contribution in [-0.4, -0.2) is 85.2 Å². The lowest BCUT2D eigenvalue weighted by Crippen LogP contribution is -2.58. The highest BCUT2D eigenvalue weighted by Gasteiger charge is 2.47. The number of hydrogen-bond donors (Lipinski definition) is 6. The molecule has 1 aliphatic heterocycles. The Balaban J connectivity index is 1.70. The Morgan fingerprint density at radius 2 is 1.78 bits per heavy atom. The lowest BCUT2D eigenvalue weighted by atomic mass is 9.75. The molecule has 1 saturated heterocycles. The number of amides is 1. The number of aliphatic hydroxyl groups is 4. The first-order valence-electron chi connectivity index (χ1n) is 10.6. The molecule has 1 aromatic rings. The molecule has 1 amide bonds. The average Bonchev–Trinajstić information content (AvgIpc) is 2.76. The summed E-state index contributed by atoms with van der Waals surface area (Å²) in [6.07, 6.45) is -3.12. The topological polar surface area (TPSA) is 157 Å². The number of ether oxygens (including phenoxy) is 1. The second kappa shape index (κ2) is 10.1. The van der Waals surface area contributed by atoms with E-state index >= 15 is 0 Å². The standard InChI is InChI=1S/C22H31NO8S/c1-22(2)8-7-11(23-19(28)12-5-3-4-6-13(12)20(29)30)9-15(22)32-21-18(27)17(26)16(25)14(10-24)31-21/h3-6,11,14-18,21,24-27H,7-10H2,1-2H3,(H,23,28)(H,29,30)/t11?,14-,15?,16+,17+,18-,21+/m1/s1. The van der Waals surface area contributed by atoms with Crippen LogP contribution in [0.25, 0.3) is 0 Å². The summed E-state index contributed by atoms with van der Waals surface area (Å²) >= 11 is 1.32. The molecule has 2 fully saturated rings. The van der Waals surface area contributed by atoms with Crippen LogP contribution in [0.5, 0.6) is 0 Å². The van der Waals surface area contributed by atoms with E-state index in [1.807, 2.05) is 0 Å². The monoisotopic (exact) mass is 469 g/mol. The maximum Gasteiger partial charge on any atom is 0.336 e. The van der Waals surface area contributed by atoms with Crippen LogP contribution in [0, 0.1) is 5.41 Å². The number of nitrogens with one attached hydrogen (secondary N) is 1. The Labute approximate surface area is 190 Å². The summed E-state index contributed by atoms with van der Waals surface area (Å²) in [5, 5.41) is 52.1. The summed E-state index contributed by atoms with van der Waals surface area (Å²) < 4.78 is 5.65. The van der Waals surface area contributed by atoms with Crippen molar-refractivity contribution < 1.29 is 39.9 Å². The molecule has 1 saturated carbocycles. The molecule has 2 aliphatic rings. The molecule has 0 bridgehead atoms. The minimum Gasteiger partial charge on any atom is -0.478 e. The van der Waals surface area contributed by atoms with E-state index in [4.69, 9.17) is 4.74 Å². The van der Waals surface area contributed by atoms with Crippen molar-refractivity contribution in [2.45, 2.75) is 74.3 Å². The summed E-state index contributed by atoms with van der Waals surface area (Å²) in [5.41, 5.74) is -0.975. The van der Waals surface area contributed by atoms with Gasteiger partial charge in [0.1, 0.15) is 29.9 Å². The smallest absolute Gasteiger partial charge is 0.336 e. The molecule has 0 aromatic heterocycles. The Hall–Kier alpha value is -1.69. The van der Waals surface area contributed by atoms with Gasteiger partial charge in [-0.3, -0.25) is 4.79 Å². The van der Waals surface area contributed by atoms with E-state index in [2.05, 4.69) is 19.2 Å². The molecule has 1 heterocycles. The van der Waals surface area contributed by atoms with Gasteiger partial charge in [0.25, 0.3) is 5.91 Å². The third kappa shape index (κ3) is 5.27. The van der Waals surface area contributed by atoms with Crippen molar-refractivity contribution in [3.8, 4) is 0 Å². The average molecular weight is 470 g/mol. The molecule has 7 atom stereocenters. The fourth-order valence-corrected chi connectivity index (χ4v) is 5.93. The Morgan fingerprint density at radius 1 is 1.12 bits per heavy atom. The van der Waals surface area contributed by atoms with E-state index in [0.29, 0.717) is 12.8 Å². The number of aliphatic hydroxyl groups excluding tert-OH is 4. The number of aromatic carboxylic acids is 1. The number of carbonyl (C=O) groups is 2. The first kappa shape index (κ1) is 24.9. The SMILES string of the molecule is CC1(C)CCC(NC(=O)c2ccccc2C(=O)O)CC1S[C@@H]1O[C@H](CO)[C@H](O)[C@H](O)[C@H]1O. The number of hydrogen-bond acceptors (Lipinski definition) is 8. The summed E-state index contributed by atoms with van der Waals surface area (Å²) in [7, 11) is 0. The zero-order chi connectivity index (χ0) is 23.6. The highest BCUT2D eigenvalue weighted by atomic mass is 32.2. The van der Waals surface area contributed by atoms with Crippen molar-refractivity contribution in [3.63, 3.8) is 0 Å². The van der Waals surface area contributed by atoms with Crippen LogP contribution in [0.2, 0.25) is 0 Å². The van der Waals surface area contributed by atoms with Gasteiger partial charge in [-0.1, -0.05) is 26.0 Å². The van der Waals surface area contributed by atoms with Crippen molar-refractivity contribution in [3.05, 3.63) is 35.4 Å². The van der Waals surface area contributed by atoms with Crippen LogP contribution >= 0.6 is 11.8 Å². The predicted octanol–water partition coefficient (Wildman–Crippen LogP) is 0.595. The van der Waals surface area contributed by atoms with Crippen molar-refractivity contribution >= 4 is 23.6 Å². The summed E-state index contributed by atoms with van der Waals surface area (Å²) in [4.78, 5) is 24.2. The van der Waals surface area contributed by atoms with Gasteiger partial charge >= 0.3 is 5.97 Å². The van der Waals surface area contributed by atoms with E-state index in [0.717, 1.165) is 6.42 Å². The van der Waals surface area contributed by atoms with E-state index in [1.54, 1.807) is 12.1 Å². The third-order valence-electron chi connectivity index (χ3n) is 6.39. The number of carboxylic acids is 1. The van der Waals surface area contributed by atoms with Crippen LogP contribution in [0.1, 0.15) is 53.8 Å². The first-order valence-corrected chi connectivity index (χ1v) is 11.6. The largest absolute Gasteiger partial charge is 0.478 e. The zero-order valence-corrected chi connectivity index (χ0v) is 18.9. The Kier molecular flexibility index (Phi) is 7.85. The second-order valence-corrected chi connectivity index (χ2v) is 10.4. The molecule has 10 heteroatoms. The zero-order valence-electron chi connectivity index (χ0n) is 18.0. The molecule has 0 radical (unpaired) electrons. The maximum atomic E-state index is 12.8. The predicted molar refractivity (Wildman–Crippen MR) is 117 cm³/mol. The molecule has 1 aromatic carbocycles. The van der Waals surface area contributed by atoms with E-state index in [-0.39, 0.29) is 27.8 Å². The number of carbonyl (C=O) groups excluding carboxylic acids is 1. The van der Waals surface area contributed by atoms with Crippen LogP contribution in [0.4, 0.5) is 0 Å². The minimum atomic E-state index is -1.44. The van der Waals surface area contributed by atoms with Gasteiger partial charge in [0.2, 0.25) is 0 Å². The van der Waals surface area contributed by atoms with Crippen LogP contribution < -0.4 is 5.32 Å². The van der Waals surface area contributed by atoms with Crippen molar-refractivity contribution in [2.75, 3.05) is 6.61 Å². The highest BCUT2D eigenvalue weighted by molar-refractivity contribution is 8.00. The fourth-order valence-electron chi connectivity index (χ4n) is 4.25. The lowest BCUT2D eigenvalue weighted by Gasteiger charge is -2.46. The second-order valence-electron chi connectivity index (χ2n) is 9.11. The normalized spacial score (nSPS) is 34.6. The van der Waals surface area contributed by atoms with E-state index in [9.17, 15) is 35.1 Å². The van der Waals surface area contributed by atoms with Gasteiger partial charge in [-0.25, -0.2) is 4.79 Å².